The van der Waals surface area contributed by atoms with Gasteiger partial charge in [0.25, 0.3) is 0 Å². The Morgan fingerprint density at radius 1 is 1.57 bits per heavy atom. The summed E-state index contributed by atoms with van der Waals surface area (Å²) in [5.74, 6) is 0.299. The molecule has 3 heteroatoms. The van der Waals surface area contributed by atoms with Crippen molar-refractivity contribution < 1.29 is 4.79 Å². The Morgan fingerprint density at radius 2 is 2.21 bits per heavy atom. The van der Waals surface area contributed by atoms with Crippen LogP contribution in [0.15, 0.2) is 0 Å². The number of hydrogen-bond acceptors (Lipinski definition) is 2. The highest BCUT2D eigenvalue weighted by molar-refractivity contribution is 5.82. The Balaban J connectivity index is 2.60. The summed E-state index contributed by atoms with van der Waals surface area (Å²) in [6, 6.07) is 0.431. The van der Waals surface area contributed by atoms with Gasteiger partial charge in [-0.1, -0.05) is 20.8 Å². The molecule has 1 amide bonds. The lowest BCUT2D eigenvalue weighted by atomic mass is 9.88. The SMILES string of the molecule is CCC(C)(C)C(=O)N1CCN[C@H](C)C1. The fourth-order valence-electron chi connectivity index (χ4n) is 1.70. The molecule has 0 aromatic heterocycles. The van der Waals surface area contributed by atoms with Gasteiger partial charge in [-0.15, -0.1) is 0 Å². The Bertz CT molecular complexity index is 213. The van der Waals surface area contributed by atoms with Crippen LogP contribution in [0.25, 0.3) is 0 Å². The molecule has 0 aromatic carbocycles. The fraction of sp³-hybridized carbons (Fsp3) is 0.909. The molecule has 1 rings (SSSR count). The van der Waals surface area contributed by atoms with Gasteiger partial charge < -0.3 is 10.2 Å². The van der Waals surface area contributed by atoms with E-state index in [1.165, 1.54) is 0 Å². The van der Waals surface area contributed by atoms with Crippen LogP contribution in [0.2, 0.25) is 0 Å². The van der Waals surface area contributed by atoms with Crippen molar-refractivity contribution in [3.05, 3.63) is 0 Å². The number of amides is 1. The first-order chi connectivity index (χ1) is 6.47. The van der Waals surface area contributed by atoms with Crippen LogP contribution in [0.5, 0.6) is 0 Å². The molecule has 0 aliphatic carbocycles. The van der Waals surface area contributed by atoms with Gasteiger partial charge >= 0.3 is 0 Å². The van der Waals surface area contributed by atoms with Gasteiger partial charge in [-0.05, 0) is 13.3 Å². The Labute approximate surface area is 86.9 Å². The molecule has 0 spiro atoms. The summed E-state index contributed by atoms with van der Waals surface area (Å²) in [7, 11) is 0. The average molecular weight is 198 g/mol. The normalized spacial score (nSPS) is 23.7. The number of hydrogen-bond donors (Lipinski definition) is 1. The zero-order valence-corrected chi connectivity index (χ0v) is 9.76. The topological polar surface area (TPSA) is 32.3 Å². The molecule has 1 fully saturated rings. The summed E-state index contributed by atoms with van der Waals surface area (Å²) in [6.45, 7) is 10.9. The van der Waals surface area contributed by atoms with Gasteiger partial charge in [-0.2, -0.15) is 0 Å². The lowest BCUT2D eigenvalue weighted by molar-refractivity contribution is -0.141. The Hall–Kier alpha value is -0.570. The summed E-state index contributed by atoms with van der Waals surface area (Å²) in [5, 5.41) is 3.34. The quantitative estimate of drug-likeness (QED) is 0.724. The van der Waals surface area contributed by atoms with Crippen molar-refractivity contribution in [1.29, 1.82) is 0 Å². The minimum Gasteiger partial charge on any atom is -0.339 e. The first-order valence-corrected chi connectivity index (χ1v) is 5.50. The van der Waals surface area contributed by atoms with Crippen LogP contribution in [0, 0.1) is 5.41 Å². The smallest absolute Gasteiger partial charge is 0.228 e. The summed E-state index contributed by atoms with van der Waals surface area (Å²) < 4.78 is 0. The van der Waals surface area contributed by atoms with Crippen molar-refractivity contribution in [2.45, 2.75) is 40.2 Å². The maximum atomic E-state index is 12.1. The first-order valence-electron chi connectivity index (χ1n) is 5.50. The molecule has 0 bridgehead atoms. The van der Waals surface area contributed by atoms with E-state index in [1.54, 1.807) is 0 Å². The van der Waals surface area contributed by atoms with Crippen molar-refractivity contribution >= 4 is 5.91 Å². The van der Waals surface area contributed by atoms with Crippen molar-refractivity contribution in [3.63, 3.8) is 0 Å². The monoisotopic (exact) mass is 198 g/mol. The molecule has 1 atom stereocenters. The second-order valence-electron chi connectivity index (χ2n) is 4.84. The summed E-state index contributed by atoms with van der Waals surface area (Å²) in [6.07, 6.45) is 0.907. The number of nitrogens with one attached hydrogen (secondary N) is 1. The van der Waals surface area contributed by atoms with E-state index < -0.39 is 0 Å². The predicted octanol–water partition coefficient (Wildman–Crippen LogP) is 1.24. The molecule has 1 heterocycles. The number of nitrogens with zero attached hydrogens (tertiary/aromatic N) is 1. The third-order valence-electron chi connectivity index (χ3n) is 3.12. The minimum absolute atomic E-state index is 0.197. The zero-order valence-electron chi connectivity index (χ0n) is 9.76. The molecule has 0 saturated carbocycles. The molecular formula is C11H22N2O. The Morgan fingerprint density at radius 3 is 2.71 bits per heavy atom. The van der Waals surface area contributed by atoms with Gasteiger partial charge in [0.1, 0.15) is 0 Å². The van der Waals surface area contributed by atoms with Gasteiger partial charge in [0.15, 0.2) is 0 Å². The average Bonchev–Trinajstić information content (AvgIpc) is 2.16. The van der Waals surface area contributed by atoms with Crippen molar-refractivity contribution in [1.82, 2.24) is 10.2 Å². The predicted molar refractivity (Wildman–Crippen MR) is 58.1 cm³/mol. The summed E-state index contributed by atoms with van der Waals surface area (Å²) in [4.78, 5) is 14.1. The zero-order chi connectivity index (χ0) is 10.8. The van der Waals surface area contributed by atoms with Crippen molar-refractivity contribution in [2.75, 3.05) is 19.6 Å². The molecule has 1 saturated heterocycles. The van der Waals surface area contributed by atoms with Crippen molar-refractivity contribution in [3.8, 4) is 0 Å². The highest BCUT2D eigenvalue weighted by Crippen LogP contribution is 2.23. The van der Waals surface area contributed by atoms with Gasteiger partial charge in [0.2, 0.25) is 5.91 Å². The van der Waals surface area contributed by atoms with Gasteiger partial charge in [0, 0.05) is 31.1 Å². The minimum atomic E-state index is -0.197. The number of carbonyl (C=O) groups excluding carboxylic acids is 1. The van der Waals surface area contributed by atoms with E-state index in [-0.39, 0.29) is 5.41 Å². The van der Waals surface area contributed by atoms with Crippen LogP contribution in [0.1, 0.15) is 34.1 Å². The standard InChI is InChI=1S/C11H22N2O/c1-5-11(3,4)10(14)13-7-6-12-9(2)8-13/h9,12H,5-8H2,1-4H3/t9-/m1/s1. The van der Waals surface area contributed by atoms with Gasteiger partial charge in [-0.3, -0.25) is 4.79 Å². The van der Waals surface area contributed by atoms with Gasteiger partial charge in [-0.25, -0.2) is 0 Å². The molecule has 1 aliphatic rings. The lowest BCUT2D eigenvalue weighted by Gasteiger charge is -2.36. The molecule has 1 N–H and O–H groups in total. The third kappa shape index (κ3) is 2.47. The maximum Gasteiger partial charge on any atom is 0.228 e. The highest BCUT2D eigenvalue weighted by atomic mass is 16.2. The maximum absolute atomic E-state index is 12.1. The van der Waals surface area contributed by atoms with E-state index in [0.29, 0.717) is 11.9 Å². The van der Waals surface area contributed by atoms with Crippen LogP contribution in [-0.4, -0.2) is 36.5 Å². The van der Waals surface area contributed by atoms with Crippen LogP contribution in [-0.2, 0) is 4.79 Å². The van der Waals surface area contributed by atoms with E-state index in [9.17, 15) is 4.79 Å². The summed E-state index contributed by atoms with van der Waals surface area (Å²) >= 11 is 0. The molecule has 14 heavy (non-hydrogen) atoms. The van der Waals surface area contributed by atoms with Crippen LogP contribution < -0.4 is 5.32 Å². The van der Waals surface area contributed by atoms with Crippen LogP contribution in [0.3, 0.4) is 0 Å². The van der Waals surface area contributed by atoms with E-state index in [4.69, 9.17) is 0 Å². The van der Waals surface area contributed by atoms with E-state index in [2.05, 4.69) is 19.2 Å². The number of piperazine rings is 1. The number of carbonyl (C=O) groups is 1. The number of rotatable bonds is 2. The molecule has 82 valence electrons. The fourth-order valence-corrected chi connectivity index (χ4v) is 1.70. The molecule has 0 radical (unpaired) electrons. The second-order valence-corrected chi connectivity index (χ2v) is 4.84. The highest BCUT2D eigenvalue weighted by Gasteiger charge is 2.31. The first kappa shape index (κ1) is 11.5. The van der Waals surface area contributed by atoms with E-state index in [0.717, 1.165) is 26.1 Å². The van der Waals surface area contributed by atoms with E-state index in [1.807, 2.05) is 18.7 Å². The molecule has 1 aliphatic heterocycles. The Kier molecular flexibility index (Phi) is 3.53. The van der Waals surface area contributed by atoms with Crippen LogP contribution in [0.4, 0.5) is 0 Å². The van der Waals surface area contributed by atoms with Gasteiger partial charge in [0.05, 0.1) is 0 Å². The third-order valence-corrected chi connectivity index (χ3v) is 3.12. The molecule has 0 unspecified atom stereocenters. The lowest BCUT2D eigenvalue weighted by Crippen LogP contribution is -2.54. The van der Waals surface area contributed by atoms with E-state index >= 15 is 0 Å². The molecule has 3 nitrogen and oxygen atoms in total. The van der Waals surface area contributed by atoms with Crippen molar-refractivity contribution in [2.24, 2.45) is 5.41 Å². The molecule has 0 aromatic rings. The van der Waals surface area contributed by atoms with Crippen LogP contribution >= 0.6 is 0 Å². The molecular weight excluding hydrogens is 176 g/mol. The summed E-state index contributed by atoms with van der Waals surface area (Å²) in [5.41, 5.74) is -0.197. The largest absolute Gasteiger partial charge is 0.339 e. The second kappa shape index (κ2) is 4.30.